The third-order valence-corrected chi connectivity index (χ3v) is 3.95. The second-order valence-electron chi connectivity index (χ2n) is 5.48. The van der Waals surface area contributed by atoms with E-state index in [0.29, 0.717) is 18.3 Å². The predicted molar refractivity (Wildman–Crippen MR) is 73.9 cm³/mol. The van der Waals surface area contributed by atoms with Gasteiger partial charge in [0.1, 0.15) is 11.6 Å². The Bertz CT molecular complexity index is 642. The van der Waals surface area contributed by atoms with Gasteiger partial charge in [0.2, 0.25) is 5.89 Å². The third-order valence-electron chi connectivity index (χ3n) is 3.95. The van der Waals surface area contributed by atoms with Crippen molar-refractivity contribution in [2.75, 3.05) is 13.1 Å². The highest BCUT2D eigenvalue weighted by Gasteiger charge is 2.32. The van der Waals surface area contributed by atoms with Gasteiger partial charge in [-0.15, -0.1) is 0 Å². The van der Waals surface area contributed by atoms with Crippen LogP contribution < -0.4 is 0 Å². The fourth-order valence-electron chi connectivity index (χ4n) is 2.93. The molecule has 22 heavy (non-hydrogen) atoms. The summed E-state index contributed by atoms with van der Waals surface area (Å²) in [5, 5.41) is 14.1. The number of aliphatic hydroxyl groups excluding tert-OH is 1. The number of likely N-dealkylation sites (tertiary alicyclic amines) is 1. The van der Waals surface area contributed by atoms with Crippen LogP contribution in [-0.4, -0.2) is 33.2 Å². The minimum absolute atomic E-state index is 0.0954. The normalized spacial score (nSPS) is 20.5. The number of hydrogen-bond acceptors (Lipinski definition) is 5. The minimum Gasteiger partial charge on any atom is -0.387 e. The Kier molecular flexibility index (Phi) is 4.17. The molecule has 1 aliphatic rings. The van der Waals surface area contributed by atoms with Crippen LogP contribution in [0.2, 0.25) is 0 Å². The lowest BCUT2D eigenvalue weighted by Gasteiger charge is -2.25. The van der Waals surface area contributed by atoms with Crippen LogP contribution in [0.3, 0.4) is 0 Å². The number of nitrogens with zero attached hydrogens (tertiary/aromatic N) is 3. The van der Waals surface area contributed by atoms with Gasteiger partial charge < -0.3 is 9.63 Å². The monoisotopic (exact) mass is 309 g/mol. The average molecular weight is 309 g/mol. The number of benzene rings is 1. The van der Waals surface area contributed by atoms with Crippen LogP contribution in [0, 0.1) is 18.6 Å². The molecule has 0 unspecified atom stereocenters. The van der Waals surface area contributed by atoms with Crippen LogP contribution in [0.15, 0.2) is 22.7 Å². The van der Waals surface area contributed by atoms with Crippen molar-refractivity contribution in [2.45, 2.75) is 31.9 Å². The summed E-state index contributed by atoms with van der Waals surface area (Å²) in [6, 6.07) is 3.47. The van der Waals surface area contributed by atoms with Crippen molar-refractivity contribution in [3.05, 3.63) is 47.1 Å². The first kappa shape index (κ1) is 15.1. The van der Waals surface area contributed by atoms with Gasteiger partial charge in [0.05, 0.1) is 17.7 Å². The van der Waals surface area contributed by atoms with E-state index >= 15 is 0 Å². The van der Waals surface area contributed by atoms with E-state index in [1.807, 2.05) is 4.90 Å². The Morgan fingerprint density at radius 1 is 1.41 bits per heavy atom. The third kappa shape index (κ3) is 2.86. The van der Waals surface area contributed by atoms with Crippen LogP contribution >= 0.6 is 0 Å². The fraction of sp³-hybridized carbons (Fsp3) is 0.467. The summed E-state index contributed by atoms with van der Waals surface area (Å²) in [6.45, 7) is 2.54. The van der Waals surface area contributed by atoms with E-state index in [9.17, 15) is 13.9 Å². The summed E-state index contributed by atoms with van der Waals surface area (Å²) in [7, 11) is 0. The number of rotatable bonds is 4. The Morgan fingerprint density at radius 3 is 2.77 bits per heavy atom. The lowest BCUT2D eigenvalue weighted by molar-refractivity contribution is 0.0976. The summed E-state index contributed by atoms with van der Waals surface area (Å²) >= 11 is 0. The van der Waals surface area contributed by atoms with Crippen molar-refractivity contribution >= 4 is 0 Å². The van der Waals surface area contributed by atoms with Gasteiger partial charge in [-0.1, -0.05) is 11.2 Å². The molecule has 0 amide bonds. The molecule has 0 saturated carbocycles. The number of β-amino-alcohol motifs (C(OH)–C–C–N with tert-alkyl or cyclic N) is 1. The molecule has 2 atom stereocenters. The molecule has 0 spiro atoms. The van der Waals surface area contributed by atoms with Crippen LogP contribution in [0.5, 0.6) is 0 Å². The highest BCUT2D eigenvalue weighted by atomic mass is 19.1. The van der Waals surface area contributed by atoms with Crippen molar-refractivity contribution in [3.63, 3.8) is 0 Å². The van der Waals surface area contributed by atoms with E-state index in [4.69, 9.17) is 4.52 Å². The molecule has 1 aliphatic heterocycles. The Morgan fingerprint density at radius 2 is 2.14 bits per heavy atom. The van der Waals surface area contributed by atoms with Crippen molar-refractivity contribution in [1.82, 2.24) is 15.0 Å². The van der Waals surface area contributed by atoms with Gasteiger partial charge in [0.15, 0.2) is 5.82 Å². The first-order valence-electron chi connectivity index (χ1n) is 7.22. The van der Waals surface area contributed by atoms with E-state index in [1.54, 1.807) is 6.92 Å². The Hall–Kier alpha value is -1.86. The smallest absolute Gasteiger partial charge is 0.223 e. The average Bonchev–Trinajstić information content (AvgIpc) is 3.07. The van der Waals surface area contributed by atoms with Gasteiger partial charge in [0, 0.05) is 13.5 Å². The summed E-state index contributed by atoms with van der Waals surface area (Å²) in [6.07, 6.45) is 0.491. The second-order valence-corrected chi connectivity index (χ2v) is 5.48. The number of hydrogen-bond donors (Lipinski definition) is 1. The molecule has 1 fully saturated rings. The summed E-state index contributed by atoms with van der Waals surface area (Å²) < 4.78 is 32.5. The van der Waals surface area contributed by atoms with Crippen LogP contribution in [0.25, 0.3) is 0 Å². The van der Waals surface area contributed by atoms with E-state index in [1.165, 1.54) is 6.07 Å². The molecule has 1 aromatic carbocycles. The fourth-order valence-corrected chi connectivity index (χ4v) is 2.93. The van der Waals surface area contributed by atoms with Gasteiger partial charge in [0.25, 0.3) is 0 Å². The SMILES string of the molecule is Cc1nc([C@H]2CCCN2C[C@@H](O)c2c(F)cccc2F)no1. The number of aryl methyl sites for hydroxylation is 1. The molecule has 0 radical (unpaired) electrons. The van der Waals surface area contributed by atoms with Gasteiger partial charge in [-0.05, 0) is 31.5 Å². The maximum atomic E-state index is 13.7. The Labute approximate surface area is 126 Å². The molecule has 1 saturated heterocycles. The van der Waals surface area contributed by atoms with Crippen LogP contribution in [0.4, 0.5) is 8.78 Å². The van der Waals surface area contributed by atoms with E-state index in [0.717, 1.165) is 25.0 Å². The molecule has 2 heterocycles. The highest BCUT2D eigenvalue weighted by molar-refractivity contribution is 5.22. The maximum absolute atomic E-state index is 13.7. The number of aromatic nitrogens is 2. The molecule has 1 N–H and O–H groups in total. The van der Waals surface area contributed by atoms with Gasteiger partial charge in [-0.25, -0.2) is 8.78 Å². The van der Waals surface area contributed by atoms with Crippen LogP contribution in [0.1, 0.15) is 42.3 Å². The lowest BCUT2D eigenvalue weighted by atomic mass is 10.1. The summed E-state index contributed by atoms with van der Waals surface area (Å²) in [5.41, 5.74) is -0.294. The summed E-state index contributed by atoms with van der Waals surface area (Å²) in [4.78, 5) is 6.14. The summed E-state index contributed by atoms with van der Waals surface area (Å²) in [5.74, 6) is -0.448. The molecular formula is C15H17F2N3O2. The minimum atomic E-state index is -1.24. The number of aliphatic hydroxyl groups is 1. The van der Waals surface area contributed by atoms with Crippen molar-refractivity contribution in [3.8, 4) is 0 Å². The second kappa shape index (κ2) is 6.10. The molecular weight excluding hydrogens is 292 g/mol. The van der Waals surface area contributed by atoms with Gasteiger partial charge >= 0.3 is 0 Å². The largest absolute Gasteiger partial charge is 0.387 e. The standard InChI is InChI=1S/C15H17F2N3O2/c1-9-18-15(19-22-9)12-6-3-7-20(12)8-13(21)14-10(16)4-2-5-11(14)17/h2,4-5,12-13,21H,3,6-8H2,1H3/t12-,13-/m1/s1. The van der Waals surface area contributed by atoms with Crippen molar-refractivity contribution in [1.29, 1.82) is 0 Å². The molecule has 3 rings (SSSR count). The highest BCUT2D eigenvalue weighted by Crippen LogP contribution is 2.32. The molecule has 5 nitrogen and oxygen atoms in total. The molecule has 0 bridgehead atoms. The van der Waals surface area contributed by atoms with E-state index < -0.39 is 17.7 Å². The number of halogens is 2. The molecule has 1 aromatic heterocycles. The van der Waals surface area contributed by atoms with E-state index in [2.05, 4.69) is 10.1 Å². The zero-order chi connectivity index (χ0) is 15.7. The van der Waals surface area contributed by atoms with Crippen molar-refractivity contribution < 1.29 is 18.4 Å². The zero-order valence-electron chi connectivity index (χ0n) is 12.2. The quantitative estimate of drug-likeness (QED) is 0.940. The molecule has 2 aromatic rings. The van der Waals surface area contributed by atoms with Crippen LogP contribution in [-0.2, 0) is 0 Å². The van der Waals surface area contributed by atoms with Gasteiger partial charge in [-0.2, -0.15) is 4.98 Å². The van der Waals surface area contributed by atoms with Gasteiger partial charge in [-0.3, -0.25) is 4.90 Å². The lowest BCUT2D eigenvalue weighted by Crippen LogP contribution is -2.29. The maximum Gasteiger partial charge on any atom is 0.223 e. The van der Waals surface area contributed by atoms with E-state index in [-0.39, 0.29) is 18.2 Å². The zero-order valence-corrected chi connectivity index (χ0v) is 12.2. The van der Waals surface area contributed by atoms with Crippen molar-refractivity contribution in [2.24, 2.45) is 0 Å². The molecule has 7 heteroatoms. The first-order chi connectivity index (χ1) is 10.6. The topological polar surface area (TPSA) is 62.4 Å². The molecule has 118 valence electrons. The molecule has 0 aliphatic carbocycles. The first-order valence-corrected chi connectivity index (χ1v) is 7.22. The predicted octanol–water partition coefficient (Wildman–Crippen LogP) is 2.53. The Balaban J connectivity index is 1.77.